The van der Waals surface area contributed by atoms with Crippen molar-refractivity contribution >= 4 is 35.8 Å². The zero-order chi connectivity index (χ0) is 18.3. The van der Waals surface area contributed by atoms with Gasteiger partial charge in [-0.05, 0) is 32.3 Å². The lowest BCUT2D eigenvalue weighted by molar-refractivity contribution is -0.138. The molecule has 1 fully saturated rings. The largest absolute Gasteiger partial charge is 0.357 e. The molecular formula is C20H33IN4O. The Morgan fingerprint density at radius 3 is 2.31 bits per heavy atom. The summed E-state index contributed by atoms with van der Waals surface area (Å²) in [6, 6.07) is 8.43. The van der Waals surface area contributed by atoms with Gasteiger partial charge in [-0.15, -0.1) is 24.0 Å². The van der Waals surface area contributed by atoms with E-state index < -0.39 is 0 Å². The summed E-state index contributed by atoms with van der Waals surface area (Å²) >= 11 is 0. The minimum absolute atomic E-state index is 0. The summed E-state index contributed by atoms with van der Waals surface area (Å²) in [5.41, 5.74) is 2.15. The smallest absolute Gasteiger partial charge is 0.230 e. The van der Waals surface area contributed by atoms with Gasteiger partial charge in [-0.1, -0.05) is 42.7 Å². The second-order valence-corrected chi connectivity index (χ2v) is 7.22. The molecule has 146 valence electrons. The Morgan fingerprint density at radius 2 is 1.77 bits per heavy atom. The van der Waals surface area contributed by atoms with E-state index in [1.807, 2.05) is 14.1 Å². The molecule has 0 heterocycles. The number of hydrogen-bond acceptors (Lipinski definition) is 2. The van der Waals surface area contributed by atoms with Gasteiger partial charge in [0.1, 0.15) is 0 Å². The van der Waals surface area contributed by atoms with Crippen LogP contribution in [0.25, 0.3) is 0 Å². The number of carbonyl (C=O) groups excluding carboxylic acids is 1. The molecule has 26 heavy (non-hydrogen) atoms. The van der Waals surface area contributed by atoms with Crippen LogP contribution < -0.4 is 10.6 Å². The van der Waals surface area contributed by atoms with Gasteiger partial charge in [0.05, 0.1) is 12.0 Å². The molecule has 2 N–H and O–H groups in total. The van der Waals surface area contributed by atoms with Crippen LogP contribution in [0.3, 0.4) is 0 Å². The topological polar surface area (TPSA) is 56.7 Å². The number of nitrogens with one attached hydrogen (secondary N) is 2. The first kappa shape index (κ1) is 22.7. The van der Waals surface area contributed by atoms with Gasteiger partial charge in [0, 0.05) is 27.2 Å². The van der Waals surface area contributed by atoms with Crippen LogP contribution in [0.2, 0.25) is 0 Å². The SMILES string of the molecule is CCNC(=NCc1ccc(C)cc1)NCC1(C(=O)N(C)C)CCCC1.I. The highest BCUT2D eigenvalue weighted by molar-refractivity contribution is 14.0. The number of aliphatic imine (C=N–C) groups is 1. The number of rotatable bonds is 6. The first-order valence-electron chi connectivity index (χ1n) is 9.26. The average Bonchev–Trinajstić information content (AvgIpc) is 3.08. The summed E-state index contributed by atoms with van der Waals surface area (Å²) in [5.74, 6) is 1.01. The number of amides is 1. The molecule has 0 unspecified atom stereocenters. The summed E-state index contributed by atoms with van der Waals surface area (Å²) in [6.45, 7) is 6.21. The summed E-state index contributed by atoms with van der Waals surface area (Å²) in [7, 11) is 3.69. The molecule has 0 saturated heterocycles. The molecule has 0 radical (unpaired) electrons. The van der Waals surface area contributed by atoms with Crippen molar-refractivity contribution in [1.29, 1.82) is 0 Å². The van der Waals surface area contributed by atoms with Crippen molar-refractivity contribution in [3.05, 3.63) is 35.4 Å². The molecule has 1 aliphatic carbocycles. The Bertz CT molecular complexity index is 592. The normalized spacial score (nSPS) is 15.9. The maximum atomic E-state index is 12.7. The minimum Gasteiger partial charge on any atom is -0.357 e. The lowest BCUT2D eigenvalue weighted by Gasteiger charge is -2.31. The molecule has 0 bridgehead atoms. The quantitative estimate of drug-likeness (QED) is 0.380. The zero-order valence-corrected chi connectivity index (χ0v) is 18.8. The molecule has 1 aliphatic rings. The van der Waals surface area contributed by atoms with Crippen LogP contribution in [0.15, 0.2) is 29.3 Å². The van der Waals surface area contributed by atoms with E-state index in [-0.39, 0.29) is 35.3 Å². The van der Waals surface area contributed by atoms with Crippen LogP contribution in [-0.2, 0) is 11.3 Å². The number of benzene rings is 1. The molecular weight excluding hydrogens is 439 g/mol. The maximum absolute atomic E-state index is 12.7. The summed E-state index contributed by atoms with van der Waals surface area (Å²) in [4.78, 5) is 19.1. The monoisotopic (exact) mass is 472 g/mol. The molecule has 0 atom stereocenters. The third-order valence-corrected chi connectivity index (χ3v) is 4.90. The molecule has 2 rings (SSSR count). The number of guanidine groups is 1. The highest BCUT2D eigenvalue weighted by atomic mass is 127. The van der Waals surface area contributed by atoms with E-state index in [9.17, 15) is 4.79 Å². The Labute approximate surface area is 175 Å². The molecule has 1 aromatic carbocycles. The van der Waals surface area contributed by atoms with Crippen molar-refractivity contribution in [1.82, 2.24) is 15.5 Å². The molecule has 1 amide bonds. The van der Waals surface area contributed by atoms with E-state index >= 15 is 0 Å². The van der Waals surface area contributed by atoms with Gasteiger partial charge in [-0.25, -0.2) is 4.99 Å². The second kappa shape index (κ2) is 10.7. The van der Waals surface area contributed by atoms with Crippen LogP contribution in [0.5, 0.6) is 0 Å². The minimum atomic E-state index is -0.288. The number of hydrogen-bond donors (Lipinski definition) is 2. The van der Waals surface area contributed by atoms with Gasteiger partial charge < -0.3 is 15.5 Å². The van der Waals surface area contributed by atoms with Gasteiger partial charge in [0.2, 0.25) is 5.91 Å². The van der Waals surface area contributed by atoms with E-state index in [1.54, 1.807) is 4.90 Å². The van der Waals surface area contributed by atoms with Crippen LogP contribution in [0, 0.1) is 12.3 Å². The first-order chi connectivity index (χ1) is 12.0. The van der Waals surface area contributed by atoms with Gasteiger partial charge in [-0.2, -0.15) is 0 Å². The number of carbonyl (C=O) groups is 1. The van der Waals surface area contributed by atoms with Crippen molar-refractivity contribution in [2.45, 2.75) is 46.1 Å². The Morgan fingerprint density at radius 1 is 1.15 bits per heavy atom. The Balaban J connectivity index is 0.00000338. The molecule has 0 aliphatic heterocycles. The maximum Gasteiger partial charge on any atom is 0.230 e. The Hall–Kier alpha value is -1.31. The van der Waals surface area contributed by atoms with E-state index in [0.717, 1.165) is 38.2 Å². The van der Waals surface area contributed by atoms with Crippen molar-refractivity contribution in [2.24, 2.45) is 10.4 Å². The van der Waals surface area contributed by atoms with E-state index in [1.165, 1.54) is 11.1 Å². The van der Waals surface area contributed by atoms with E-state index in [4.69, 9.17) is 0 Å². The van der Waals surface area contributed by atoms with Gasteiger partial charge in [-0.3, -0.25) is 4.79 Å². The van der Waals surface area contributed by atoms with Gasteiger partial charge in [0.25, 0.3) is 0 Å². The number of aryl methyl sites for hydroxylation is 1. The first-order valence-corrected chi connectivity index (χ1v) is 9.26. The summed E-state index contributed by atoms with van der Waals surface area (Å²) in [5, 5.41) is 6.70. The molecule has 1 aromatic rings. The standard InChI is InChI=1S/C20H32N4O.HI/c1-5-21-19(22-14-17-10-8-16(2)9-11-17)23-15-20(12-6-7-13-20)18(25)24(3)4;/h8-11H,5-7,12-15H2,1-4H3,(H2,21,22,23);1H. The molecule has 0 aromatic heterocycles. The van der Waals surface area contributed by atoms with E-state index in [2.05, 4.69) is 53.7 Å². The van der Waals surface area contributed by atoms with Crippen LogP contribution in [0.1, 0.15) is 43.7 Å². The fourth-order valence-electron chi connectivity index (χ4n) is 3.45. The lowest BCUT2D eigenvalue weighted by atomic mass is 9.84. The number of halogens is 1. The molecule has 1 saturated carbocycles. The average molecular weight is 472 g/mol. The number of nitrogens with zero attached hydrogens (tertiary/aromatic N) is 2. The predicted octanol–water partition coefficient (Wildman–Crippen LogP) is 3.32. The van der Waals surface area contributed by atoms with Crippen molar-refractivity contribution in [3.8, 4) is 0 Å². The van der Waals surface area contributed by atoms with Crippen molar-refractivity contribution in [2.75, 3.05) is 27.2 Å². The van der Waals surface area contributed by atoms with Crippen molar-refractivity contribution < 1.29 is 4.79 Å². The third-order valence-electron chi connectivity index (χ3n) is 4.90. The Kier molecular flexibility index (Phi) is 9.39. The summed E-state index contributed by atoms with van der Waals surface area (Å²) < 4.78 is 0. The van der Waals surface area contributed by atoms with Gasteiger partial charge in [0.15, 0.2) is 5.96 Å². The highest BCUT2D eigenvalue weighted by Gasteiger charge is 2.42. The third kappa shape index (κ3) is 6.14. The van der Waals surface area contributed by atoms with Crippen LogP contribution in [-0.4, -0.2) is 44.0 Å². The van der Waals surface area contributed by atoms with E-state index in [0.29, 0.717) is 13.1 Å². The lowest BCUT2D eigenvalue weighted by Crippen LogP contribution is -2.49. The predicted molar refractivity (Wildman–Crippen MR) is 119 cm³/mol. The van der Waals surface area contributed by atoms with Crippen molar-refractivity contribution in [3.63, 3.8) is 0 Å². The molecule has 5 nitrogen and oxygen atoms in total. The summed E-state index contributed by atoms with van der Waals surface area (Å²) in [6.07, 6.45) is 4.15. The van der Waals surface area contributed by atoms with Crippen LogP contribution in [0.4, 0.5) is 0 Å². The highest BCUT2D eigenvalue weighted by Crippen LogP contribution is 2.38. The van der Waals surface area contributed by atoms with Gasteiger partial charge >= 0.3 is 0 Å². The van der Waals surface area contributed by atoms with Crippen LogP contribution >= 0.6 is 24.0 Å². The molecule has 6 heteroatoms. The second-order valence-electron chi connectivity index (χ2n) is 7.22. The zero-order valence-electron chi connectivity index (χ0n) is 16.5. The molecule has 0 spiro atoms. The fourth-order valence-corrected chi connectivity index (χ4v) is 3.45. The fraction of sp³-hybridized carbons (Fsp3) is 0.600.